The van der Waals surface area contributed by atoms with Crippen molar-refractivity contribution in [2.45, 2.75) is 45.0 Å². The van der Waals surface area contributed by atoms with Gasteiger partial charge in [0, 0.05) is 23.9 Å². The minimum atomic E-state index is -0.497. The molecule has 0 atom stereocenters. The molecule has 2 rings (SSSR count). The van der Waals surface area contributed by atoms with E-state index in [9.17, 15) is 4.79 Å². The molecule has 1 aromatic rings. The van der Waals surface area contributed by atoms with Crippen molar-refractivity contribution in [1.29, 1.82) is 5.41 Å². The van der Waals surface area contributed by atoms with Gasteiger partial charge in [0.2, 0.25) is 0 Å². The first kappa shape index (κ1) is 18.9. The van der Waals surface area contributed by atoms with Crippen LogP contribution in [0.5, 0.6) is 0 Å². The number of fused-ring (bicyclic) bond motifs is 1. The summed E-state index contributed by atoms with van der Waals surface area (Å²) in [7, 11) is 0. The molecular weight excluding hydrogens is 346 g/mol. The van der Waals surface area contributed by atoms with E-state index < -0.39 is 5.60 Å². The van der Waals surface area contributed by atoms with Crippen molar-refractivity contribution >= 4 is 34.6 Å². The molecular formula is C17H24ClN3O2S. The van der Waals surface area contributed by atoms with Gasteiger partial charge in [0.05, 0.1) is 0 Å². The Kier molecular flexibility index (Phi) is 6.04. The highest BCUT2D eigenvalue weighted by Gasteiger charge is 2.25. The zero-order valence-corrected chi connectivity index (χ0v) is 15.9. The Morgan fingerprint density at radius 3 is 2.67 bits per heavy atom. The first-order valence-corrected chi connectivity index (χ1v) is 9.27. The number of amides is 1. The molecule has 0 bridgehead atoms. The Hall–Kier alpha value is -1.40. The molecule has 5 nitrogen and oxygen atoms in total. The summed E-state index contributed by atoms with van der Waals surface area (Å²) in [5.41, 5.74) is 8.34. The number of thioether (sulfide) groups is 1. The number of nitrogens with zero attached hydrogens (tertiary/aromatic N) is 1. The van der Waals surface area contributed by atoms with Crippen LogP contribution in [0.4, 0.5) is 4.79 Å². The maximum absolute atomic E-state index is 12.3. The van der Waals surface area contributed by atoms with Crippen LogP contribution in [0.2, 0.25) is 5.02 Å². The van der Waals surface area contributed by atoms with Gasteiger partial charge in [-0.15, -0.1) is 0 Å². The van der Waals surface area contributed by atoms with E-state index in [4.69, 9.17) is 27.5 Å². The SMILES string of the molecule is CC(C)(C)OC(=O)N1CCc2ccc(Cl)c(CSC(=N)N)c2CC1. The number of benzene rings is 1. The van der Waals surface area contributed by atoms with Crippen molar-refractivity contribution in [1.82, 2.24) is 4.90 Å². The van der Waals surface area contributed by atoms with Gasteiger partial charge in [-0.1, -0.05) is 29.4 Å². The molecule has 7 heteroatoms. The molecule has 1 heterocycles. The number of hydrogen-bond acceptors (Lipinski definition) is 4. The van der Waals surface area contributed by atoms with E-state index in [2.05, 4.69) is 0 Å². The van der Waals surface area contributed by atoms with Gasteiger partial charge in [-0.25, -0.2) is 4.79 Å². The molecule has 0 aliphatic carbocycles. The summed E-state index contributed by atoms with van der Waals surface area (Å²) >= 11 is 7.62. The largest absolute Gasteiger partial charge is 0.444 e. The third-order valence-corrected chi connectivity index (χ3v) is 4.88. The maximum atomic E-state index is 12.3. The lowest BCUT2D eigenvalue weighted by Crippen LogP contribution is -2.38. The summed E-state index contributed by atoms with van der Waals surface area (Å²) in [6.45, 7) is 6.83. The van der Waals surface area contributed by atoms with Gasteiger partial charge in [-0.05, 0) is 56.4 Å². The standard InChI is InChI=1S/C17H24ClN3O2S/c1-17(2,3)23-16(22)21-8-6-11-4-5-14(18)13(10-24-15(19)20)12(11)7-9-21/h4-5H,6-10H2,1-3H3,(H3,19,20). The molecule has 1 amide bonds. The molecule has 24 heavy (non-hydrogen) atoms. The summed E-state index contributed by atoms with van der Waals surface area (Å²) < 4.78 is 5.48. The van der Waals surface area contributed by atoms with Crippen molar-refractivity contribution in [2.24, 2.45) is 5.73 Å². The summed E-state index contributed by atoms with van der Waals surface area (Å²) in [6, 6.07) is 3.91. The quantitative estimate of drug-likeness (QED) is 0.613. The molecule has 0 fully saturated rings. The number of carbonyl (C=O) groups is 1. The Morgan fingerprint density at radius 1 is 1.38 bits per heavy atom. The summed E-state index contributed by atoms with van der Waals surface area (Å²) in [6.07, 6.45) is 1.22. The maximum Gasteiger partial charge on any atom is 0.410 e. The van der Waals surface area contributed by atoms with E-state index in [1.165, 1.54) is 22.9 Å². The lowest BCUT2D eigenvalue weighted by Gasteiger charge is -2.26. The van der Waals surface area contributed by atoms with Crippen molar-refractivity contribution < 1.29 is 9.53 Å². The number of nitrogens with one attached hydrogen (secondary N) is 1. The number of amidine groups is 1. The molecule has 0 spiro atoms. The first-order valence-electron chi connectivity index (χ1n) is 7.91. The van der Waals surface area contributed by atoms with Crippen LogP contribution >= 0.6 is 23.4 Å². The molecule has 132 valence electrons. The summed E-state index contributed by atoms with van der Waals surface area (Å²) in [4.78, 5) is 14.1. The first-order chi connectivity index (χ1) is 11.2. The Morgan fingerprint density at radius 2 is 2.04 bits per heavy atom. The fraction of sp³-hybridized carbons (Fsp3) is 0.529. The highest BCUT2D eigenvalue weighted by Crippen LogP contribution is 2.30. The van der Waals surface area contributed by atoms with Crippen molar-refractivity contribution in [3.8, 4) is 0 Å². The Labute approximate surface area is 152 Å². The van der Waals surface area contributed by atoms with Crippen molar-refractivity contribution in [3.05, 3.63) is 33.8 Å². The number of ether oxygens (including phenoxy) is 1. The second kappa shape index (κ2) is 7.66. The van der Waals surface area contributed by atoms with Crippen LogP contribution in [0.1, 0.15) is 37.5 Å². The average molecular weight is 370 g/mol. The van der Waals surface area contributed by atoms with Crippen LogP contribution in [-0.4, -0.2) is 34.9 Å². The average Bonchev–Trinajstić information content (AvgIpc) is 2.67. The van der Waals surface area contributed by atoms with Gasteiger partial charge >= 0.3 is 6.09 Å². The van der Waals surface area contributed by atoms with Crippen LogP contribution in [0, 0.1) is 5.41 Å². The van der Waals surface area contributed by atoms with Gasteiger partial charge in [0.25, 0.3) is 0 Å². The predicted molar refractivity (Wildman–Crippen MR) is 99.9 cm³/mol. The molecule has 0 saturated heterocycles. The number of halogens is 1. The van der Waals surface area contributed by atoms with Gasteiger partial charge in [0.1, 0.15) is 5.60 Å². The molecule has 1 aliphatic rings. The van der Waals surface area contributed by atoms with Crippen LogP contribution in [0.15, 0.2) is 12.1 Å². The minimum Gasteiger partial charge on any atom is -0.444 e. The lowest BCUT2D eigenvalue weighted by atomic mass is 9.98. The third kappa shape index (κ3) is 5.05. The smallest absolute Gasteiger partial charge is 0.410 e. The number of hydrogen-bond donors (Lipinski definition) is 2. The van der Waals surface area contributed by atoms with Crippen molar-refractivity contribution in [2.75, 3.05) is 13.1 Å². The van der Waals surface area contributed by atoms with Gasteiger partial charge in [-0.3, -0.25) is 5.41 Å². The van der Waals surface area contributed by atoms with E-state index >= 15 is 0 Å². The van der Waals surface area contributed by atoms with Crippen LogP contribution in [0.25, 0.3) is 0 Å². The Balaban J connectivity index is 2.16. The molecule has 3 N–H and O–H groups in total. The van der Waals surface area contributed by atoms with E-state index in [0.717, 1.165) is 18.4 Å². The fourth-order valence-electron chi connectivity index (χ4n) is 2.69. The minimum absolute atomic E-state index is 0.0765. The van der Waals surface area contributed by atoms with E-state index in [1.54, 1.807) is 4.90 Å². The van der Waals surface area contributed by atoms with Gasteiger partial charge < -0.3 is 15.4 Å². The predicted octanol–water partition coefficient (Wildman–Crippen LogP) is 3.80. The van der Waals surface area contributed by atoms with E-state index in [-0.39, 0.29) is 11.3 Å². The number of nitrogens with two attached hydrogens (primary N) is 1. The van der Waals surface area contributed by atoms with E-state index in [1.807, 2.05) is 32.9 Å². The highest BCUT2D eigenvalue weighted by atomic mass is 35.5. The number of carbonyl (C=O) groups excluding carboxylic acids is 1. The van der Waals surface area contributed by atoms with Crippen molar-refractivity contribution in [3.63, 3.8) is 0 Å². The second-order valence-electron chi connectivity index (χ2n) is 6.78. The van der Waals surface area contributed by atoms with E-state index in [0.29, 0.717) is 23.9 Å². The van der Waals surface area contributed by atoms with Gasteiger partial charge in [0.15, 0.2) is 5.17 Å². The normalized spacial score (nSPS) is 14.8. The zero-order valence-electron chi connectivity index (χ0n) is 14.3. The molecule has 0 unspecified atom stereocenters. The second-order valence-corrected chi connectivity index (χ2v) is 8.21. The molecule has 1 aliphatic heterocycles. The highest BCUT2D eigenvalue weighted by molar-refractivity contribution is 8.13. The summed E-state index contributed by atoms with van der Waals surface area (Å²) in [5.74, 6) is 0.573. The Bertz CT molecular complexity index is 643. The lowest BCUT2D eigenvalue weighted by molar-refractivity contribution is 0.0258. The summed E-state index contributed by atoms with van der Waals surface area (Å²) in [5, 5.41) is 8.16. The zero-order chi connectivity index (χ0) is 17.9. The molecule has 0 radical (unpaired) electrons. The molecule has 0 aromatic heterocycles. The van der Waals surface area contributed by atoms with Crippen LogP contribution < -0.4 is 5.73 Å². The van der Waals surface area contributed by atoms with Crippen LogP contribution in [-0.2, 0) is 23.3 Å². The monoisotopic (exact) mass is 369 g/mol. The van der Waals surface area contributed by atoms with Gasteiger partial charge in [-0.2, -0.15) is 0 Å². The van der Waals surface area contributed by atoms with Crippen LogP contribution in [0.3, 0.4) is 0 Å². The number of rotatable bonds is 2. The topological polar surface area (TPSA) is 79.4 Å². The third-order valence-electron chi connectivity index (χ3n) is 3.78. The molecule has 0 saturated carbocycles. The molecule has 1 aromatic carbocycles. The fourth-order valence-corrected chi connectivity index (χ4v) is 3.64.